The van der Waals surface area contributed by atoms with Crippen molar-refractivity contribution in [1.29, 1.82) is 6.54 Å². The van der Waals surface area contributed by atoms with Gasteiger partial charge in [0.1, 0.15) is 32.8 Å². The van der Waals surface area contributed by atoms with Crippen LogP contribution in [0.4, 0.5) is 0 Å². The van der Waals surface area contributed by atoms with Crippen molar-refractivity contribution in [2.75, 3.05) is 13.1 Å². The molecule has 7 unspecified atom stereocenters. The van der Waals surface area contributed by atoms with Crippen LogP contribution >= 0.6 is 151 Å². The summed E-state index contributed by atoms with van der Waals surface area (Å²) in [7, 11) is -2.30. The molecule has 6 aliphatic heterocycles. The molecule has 0 aliphatic carbocycles. The second kappa shape index (κ2) is 40.4. The first-order valence-corrected chi connectivity index (χ1v) is 58.8. The van der Waals surface area contributed by atoms with E-state index in [9.17, 15) is 41.2 Å². The lowest BCUT2D eigenvalue weighted by Gasteiger charge is -2.35. The van der Waals surface area contributed by atoms with Crippen LogP contribution in [0.2, 0.25) is 0 Å². The maximum Gasteiger partial charge on any atom is 0.427 e. The molecule has 40 heteroatoms. The van der Waals surface area contributed by atoms with Gasteiger partial charge in [0, 0.05) is 114 Å². The zero-order chi connectivity index (χ0) is 83.2. The van der Waals surface area contributed by atoms with Crippen LogP contribution in [-0.2, 0) is 65.4 Å². The summed E-state index contributed by atoms with van der Waals surface area (Å²) in [5.74, 6) is 2.82. The van der Waals surface area contributed by atoms with Crippen molar-refractivity contribution >= 4 is 225 Å². The Labute approximate surface area is 695 Å². The zero-order valence-corrected chi connectivity index (χ0v) is 74.3. The Balaban J connectivity index is 0.000000145. The monoisotopic (exact) mass is 1860 g/mol. The van der Waals surface area contributed by atoms with Gasteiger partial charge in [0.05, 0.1) is 26.9 Å². The van der Waals surface area contributed by atoms with Crippen LogP contribution in [0.3, 0.4) is 0 Å². The number of nitrogens with zero attached hydrogens (tertiary/aromatic N) is 2. The van der Waals surface area contributed by atoms with E-state index in [1.54, 1.807) is 24.3 Å². The van der Waals surface area contributed by atoms with Gasteiger partial charge in [-0.3, -0.25) is 40.7 Å². The molecule has 580 valence electrons. The molecule has 0 saturated carbocycles. The molecule has 112 heavy (non-hydrogen) atoms. The largest absolute Gasteiger partial charge is 0.452 e. The number of hydrogen-bond donors (Lipinski definition) is 5. The van der Waals surface area contributed by atoms with Crippen LogP contribution in [0.15, 0.2) is 247 Å². The fraction of sp³-hybridized carbons (Fsp3) is 0.139. The van der Waals surface area contributed by atoms with Crippen LogP contribution in [0.5, 0.6) is 23.0 Å². The third kappa shape index (κ3) is 21.8. The Morgan fingerprint density at radius 3 is 1.29 bits per heavy atom. The summed E-state index contributed by atoms with van der Waals surface area (Å²) in [6, 6.07) is 77.4. The summed E-state index contributed by atoms with van der Waals surface area (Å²) >= 11 is 13.7. The number of benzene rings is 10. The predicted molar refractivity (Wildman–Crippen MR) is 476 cm³/mol. The number of carbonyl (C=O) groups is 2. The molecule has 21 nitrogen and oxygen atoms in total. The van der Waals surface area contributed by atoms with Gasteiger partial charge < -0.3 is 32.8 Å². The lowest BCUT2D eigenvalue weighted by molar-refractivity contribution is -0.126. The molecule has 2 saturated heterocycles. The summed E-state index contributed by atoms with van der Waals surface area (Å²) in [4.78, 5) is 34.0. The van der Waals surface area contributed by atoms with Crippen molar-refractivity contribution in [2.24, 2.45) is 0 Å². The van der Waals surface area contributed by atoms with E-state index in [1.807, 2.05) is 203 Å². The fourth-order valence-corrected chi connectivity index (χ4v) is 41.8. The van der Waals surface area contributed by atoms with E-state index in [2.05, 4.69) is 43.3 Å². The molecule has 6 aliphatic rings. The SMILES string of the molecule is O=C1CCCCCN1SSN1CCCCCC1=O.O=P1(SP2(=O)Oc3ccccc3-c3ccccc32)Oc2ccccc2-c2ccccc21.O=P1(SP2(=S)Oc3ccccc3-c3ccccc32)Oc2ccccc2-c2ccccc21.S=[p+]1oc2ccccc2c2ccccc21.[2H]OP(=O)(OP=O)S[2H].[2H]OP=O.[2H]OP=S(=O)(P=O)S[2H]. The summed E-state index contributed by atoms with van der Waals surface area (Å²) in [5, 5.41) is 6.23. The van der Waals surface area contributed by atoms with E-state index in [1.165, 1.54) is 38.3 Å². The quantitative estimate of drug-likeness (QED) is 0.0209. The molecule has 0 spiro atoms. The van der Waals surface area contributed by atoms with Gasteiger partial charge in [-0.1, -0.05) is 212 Å². The van der Waals surface area contributed by atoms with Crippen LogP contribution < -0.4 is 39.3 Å². The highest BCUT2D eigenvalue weighted by Gasteiger charge is 2.49. The molecule has 11 aromatic rings. The number of rotatable bonds is 15. The van der Waals surface area contributed by atoms with Crippen molar-refractivity contribution in [3.63, 3.8) is 0 Å². The first-order chi connectivity index (χ1) is 56.6. The van der Waals surface area contributed by atoms with Crippen LogP contribution in [0.25, 0.3) is 66.0 Å². The second-order valence-corrected chi connectivity index (χ2v) is 59.3. The summed E-state index contributed by atoms with van der Waals surface area (Å²) in [6.45, 7) is -13.6. The molecule has 10 aromatic carbocycles. The normalized spacial score (nSPS) is 21.1. The van der Waals surface area contributed by atoms with Gasteiger partial charge in [0.2, 0.25) is 38.5 Å². The van der Waals surface area contributed by atoms with E-state index in [0.29, 0.717) is 46.0 Å². The lowest BCUT2D eigenvalue weighted by Crippen LogP contribution is -2.26. The van der Waals surface area contributed by atoms with Gasteiger partial charge in [-0.05, 0) is 110 Å². The van der Waals surface area contributed by atoms with Crippen LogP contribution in [0.1, 0.15) is 51.4 Å². The minimum absolute atomic E-state index is 0.0365. The molecule has 2 amide bonds. The van der Waals surface area contributed by atoms with Gasteiger partial charge in [-0.25, -0.2) is 22.2 Å². The first kappa shape index (κ1) is 80.7. The first-order valence-electron chi connectivity index (χ1n) is 35.5. The van der Waals surface area contributed by atoms with E-state index in [4.69, 9.17) is 57.0 Å². The Morgan fingerprint density at radius 2 is 0.893 bits per heavy atom. The number of para-hydroxylation sites is 5. The number of hydrogen-bond acceptors (Lipinski definition) is 27. The maximum absolute atomic E-state index is 14.4. The zero-order valence-electron chi connectivity index (χ0n) is 63.0. The van der Waals surface area contributed by atoms with E-state index < -0.39 is 71.3 Å². The Morgan fingerprint density at radius 1 is 0.509 bits per heavy atom. The van der Waals surface area contributed by atoms with Gasteiger partial charge in [0.25, 0.3) is 7.66 Å². The Bertz CT molecular complexity index is 5480. The highest BCUT2D eigenvalue weighted by Crippen LogP contribution is 2.81. The smallest absolute Gasteiger partial charge is 0.427 e. The summed E-state index contributed by atoms with van der Waals surface area (Å²) in [5.41, 5.74) is 5.46. The van der Waals surface area contributed by atoms with Crippen LogP contribution in [0, 0.1) is 0 Å². The van der Waals surface area contributed by atoms with Gasteiger partial charge in [-0.15, -0.1) is 0 Å². The van der Waals surface area contributed by atoms with Gasteiger partial charge in [-0.2, -0.15) is 0 Å². The molecular weight excluding hydrogens is 1800 g/mol. The molecule has 0 bridgehead atoms. The van der Waals surface area contributed by atoms with Crippen molar-refractivity contribution in [2.45, 2.75) is 51.4 Å². The van der Waals surface area contributed by atoms with Gasteiger partial charge in [0.15, 0.2) is 13.3 Å². The van der Waals surface area contributed by atoms with Gasteiger partial charge >= 0.3 is 50.4 Å². The summed E-state index contributed by atoms with van der Waals surface area (Å²) < 4.78 is 162. The highest BCUT2D eigenvalue weighted by atomic mass is 33.4. The third-order valence-electron chi connectivity index (χ3n) is 16.9. The molecule has 17 rings (SSSR count). The van der Waals surface area contributed by atoms with E-state index in [0.717, 1.165) is 134 Å². The van der Waals surface area contributed by atoms with Crippen LogP contribution in [-0.4, -0.2) is 59.0 Å². The minimum atomic E-state index is -3.76. The van der Waals surface area contributed by atoms with E-state index in [-0.39, 0.29) is 43.1 Å². The minimum Gasteiger partial charge on any atom is -0.452 e. The molecule has 3 N–H and O–H groups in total. The number of fused-ring (bicyclic) bond motifs is 15. The highest BCUT2D eigenvalue weighted by molar-refractivity contribution is 8.95. The number of thiol groups is 2. The third-order valence-corrected chi connectivity index (χ3v) is 49.5. The fourth-order valence-electron chi connectivity index (χ4n) is 12.1. The molecule has 1 aromatic heterocycles. The molecule has 0 radical (unpaired) electrons. The second-order valence-electron chi connectivity index (χ2n) is 24.0. The Kier molecular flexibility index (Phi) is 29.1. The molecular formula is C72H65N2O19P10S9+. The van der Waals surface area contributed by atoms with Crippen molar-refractivity contribution in [3.05, 3.63) is 243 Å². The van der Waals surface area contributed by atoms with Crippen molar-refractivity contribution in [1.82, 2.24) is 8.61 Å². The van der Waals surface area contributed by atoms with Crippen molar-refractivity contribution in [3.8, 4) is 67.5 Å². The number of amides is 2. The van der Waals surface area contributed by atoms with Crippen molar-refractivity contribution < 1.29 is 87.0 Å². The number of carbonyl (C=O) groups excluding carboxylic acids is 2. The maximum atomic E-state index is 14.4. The molecule has 7 heterocycles. The lowest BCUT2D eigenvalue weighted by atomic mass is 10.0. The summed E-state index contributed by atoms with van der Waals surface area (Å²) in [6.07, 6.45) is 7.74. The topological polar surface area (TPSA) is 297 Å². The predicted octanol–water partition coefficient (Wildman–Crippen LogP) is 24.5. The van der Waals surface area contributed by atoms with E-state index >= 15 is 0 Å². The average Bonchev–Trinajstić information content (AvgIpc) is 0.742. The Hall–Kier alpha value is -5.08. The average molecular weight is 1870 g/mol. The molecule has 2 fully saturated rings. The molecule has 7 atom stereocenters. The standard InChI is InChI=1S/C24H16O4P2S.C24H16O3P2S2.C12H20N2O2S2.C12H8OPS.H2O4P2S.H2O3P2S2.HO2P/c25-29(23-15-7-3-11-19(23)17-9-1-5-13-21(17)27-29)31-30(26)24-16-8-4-12-20(24)18-10-2-6-14-22(18)28-30;25-28(23-15-7-3-11-19(23)17-9-1-5-13-21(17)26-28)31-29(30)24-16-8-4-12-20(24)18-10-2-6-14-22(18)27-29;15-11-7-3-1-5-9-13(11)17-18-14-10-6-2-4-8-12(14)16;15-14-12-8-4-2-6-10(12)9-5-1-3-7-11(9)13-14;1-5-4-6(2,3)7;1-4-7(3,6)5-2;1-3-2/h2*1-16H;1-10H2;1-8H;(H2,2,3,7);1H,(H,3,6);(H,1,2)/q;;;+1;;;/i/hD5.